The molecule has 0 bridgehead atoms. The molecule has 9 aromatic carbocycles. The number of nitrogens with zero attached hydrogens (tertiary/aromatic N) is 1. The Bertz CT molecular complexity index is 3150. The van der Waals surface area contributed by atoms with Gasteiger partial charge in [-0.3, -0.25) is 0 Å². The van der Waals surface area contributed by atoms with Gasteiger partial charge in [-0.15, -0.1) is 11.3 Å². The van der Waals surface area contributed by atoms with Crippen molar-refractivity contribution >= 4 is 103 Å². The minimum atomic E-state index is 0.878. The molecular weight excluding hydrogens is 639 g/mol. The van der Waals surface area contributed by atoms with E-state index in [2.05, 4.69) is 181 Å². The number of fused-ring (bicyclic) bond motifs is 11. The fraction of sp³-hybridized carbons (Fsp3) is 0. The molecule has 2 nitrogen and oxygen atoms in total. The third-order valence-electron chi connectivity index (χ3n) is 10.4. The summed E-state index contributed by atoms with van der Waals surface area (Å²) in [4.78, 5) is 2.35. The topological polar surface area (TPSA) is 16.4 Å². The lowest BCUT2D eigenvalue weighted by atomic mass is 10.0. The first kappa shape index (κ1) is 28.4. The zero-order valence-corrected chi connectivity index (χ0v) is 28.3. The molecule has 0 fully saturated rings. The van der Waals surface area contributed by atoms with Crippen LogP contribution in [0.4, 0.5) is 17.1 Å². The molecular formula is C48H29NOS. The van der Waals surface area contributed by atoms with Crippen molar-refractivity contribution in [3.8, 4) is 11.1 Å². The number of hydrogen-bond donors (Lipinski definition) is 0. The van der Waals surface area contributed by atoms with Crippen LogP contribution in [0.2, 0.25) is 0 Å². The second-order valence-corrected chi connectivity index (χ2v) is 14.4. The fourth-order valence-electron chi connectivity index (χ4n) is 7.92. The van der Waals surface area contributed by atoms with Gasteiger partial charge in [0.25, 0.3) is 0 Å². The third kappa shape index (κ3) is 4.49. The maximum Gasteiger partial charge on any atom is 0.143 e. The summed E-state index contributed by atoms with van der Waals surface area (Å²) >= 11 is 1.86. The molecule has 0 saturated carbocycles. The SMILES string of the molecule is c1ccc2c(c1)ccc1ccc(N(c3ccc(-c4ccc5c(c4)sc4ccccc45)cc3)c3ccc4c(c3)oc3c5ccccc5ccc43)cc12. The smallest absolute Gasteiger partial charge is 0.143 e. The highest BCUT2D eigenvalue weighted by atomic mass is 32.1. The number of furan rings is 1. The molecule has 11 aromatic rings. The van der Waals surface area contributed by atoms with Crippen molar-refractivity contribution in [2.75, 3.05) is 4.90 Å². The zero-order chi connectivity index (χ0) is 33.5. The summed E-state index contributed by atoms with van der Waals surface area (Å²) in [6, 6.07) is 63.8. The van der Waals surface area contributed by atoms with Gasteiger partial charge in [0.2, 0.25) is 0 Å². The largest absolute Gasteiger partial charge is 0.455 e. The molecule has 0 aliphatic heterocycles. The zero-order valence-electron chi connectivity index (χ0n) is 27.5. The summed E-state index contributed by atoms with van der Waals surface area (Å²) in [6.45, 7) is 0. The molecule has 11 rings (SSSR count). The number of thiophene rings is 1. The van der Waals surface area contributed by atoms with Crippen LogP contribution >= 0.6 is 11.3 Å². The van der Waals surface area contributed by atoms with Crippen LogP contribution in [0.1, 0.15) is 0 Å². The second kappa shape index (κ2) is 11.0. The van der Waals surface area contributed by atoms with Crippen LogP contribution in [0.5, 0.6) is 0 Å². The van der Waals surface area contributed by atoms with Crippen LogP contribution in [0.15, 0.2) is 180 Å². The van der Waals surface area contributed by atoms with Gasteiger partial charge in [-0.2, -0.15) is 0 Å². The van der Waals surface area contributed by atoms with E-state index in [-0.39, 0.29) is 0 Å². The van der Waals surface area contributed by atoms with Gasteiger partial charge >= 0.3 is 0 Å². The lowest BCUT2D eigenvalue weighted by molar-refractivity contribution is 0.672. The van der Waals surface area contributed by atoms with Crippen LogP contribution < -0.4 is 4.90 Å². The second-order valence-electron chi connectivity index (χ2n) is 13.3. The van der Waals surface area contributed by atoms with Crippen molar-refractivity contribution < 1.29 is 4.42 Å². The molecule has 51 heavy (non-hydrogen) atoms. The van der Waals surface area contributed by atoms with Crippen molar-refractivity contribution in [2.45, 2.75) is 0 Å². The van der Waals surface area contributed by atoms with Crippen molar-refractivity contribution in [3.05, 3.63) is 176 Å². The minimum Gasteiger partial charge on any atom is -0.455 e. The molecule has 0 spiro atoms. The summed E-state index contributed by atoms with van der Waals surface area (Å²) in [7, 11) is 0. The first-order valence-corrected chi connectivity index (χ1v) is 18.1. The third-order valence-corrected chi connectivity index (χ3v) is 11.6. The number of rotatable bonds is 4. The van der Waals surface area contributed by atoms with Gasteiger partial charge in [-0.1, -0.05) is 115 Å². The lowest BCUT2D eigenvalue weighted by Crippen LogP contribution is -2.09. The van der Waals surface area contributed by atoms with E-state index in [1.165, 1.54) is 58.2 Å². The van der Waals surface area contributed by atoms with Gasteiger partial charge in [0.1, 0.15) is 11.2 Å². The van der Waals surface area contributed by atoms with Crippen molar-refractivity contribution in [2.24, 2.45) is 0 Å². The Balaban J connectivity index is 1.08. The van der Waals surface area contributed by atoms with Gasteiger partial charge < -0.3 is 9.32 Å². The van der Waals surface area contributed by atoms with Crippen LogP contribution in [0, 0.1) is 0 Å². The molecule has 0 aliphatic rings. The Kier molecular flexibility index (Phi) is 6.16. The van der Waals surface area contributed by atoms with E-state index in [0.29, 0.717) is 0 Å². The van der Waals surface area contributed by atoms with Crippen LogP contribution in [-0.2, 0) is 0 Å². The predicted octanol–water partition coefficient (Wildman–Crippen LogP) is 14.6. The Labute approximate surface area is 298 Å². The Hall–Kier alpha value is -6.42. The van der Waals surface area contributed by atoms with E-state index < -0.39 is 0 Å². The molecule has 0 aliphatic carbocycles. The monoisotopic (exact) mass is 667 g/mol. The summed E-state index contributed by atoms with van der Waals surface area (Å²) in [6.07, 6.45) is 0. The molecule has 0 radical (unpaired) electrons. The molecule has 0 atom stereocenters. The average Bonchev–Trinajstić information content (AvgIpc) is 3.76. The first-order valence-electron chi connectivity index (χ1n) is 17.3. The van der Waals surface area contributed by atoms with Crippen LogP contribution in [0.3, 0.4) is 0 Å². The van der Waals surface area contributed by atoms with Crippen molar-refractivity contribution in [1.29, 1.82) is 0 Å². The molecule has 2 heterocycles. The van der Waals surface area contributed by atoms with Gasteiger partial charge in [-0.25, -0.2) is 0 Å². The van der Waals surface area contributed by atoms with Crippen molar-refractivity contribution in [1.82, 2.24) is 0 Å². The van der Waals surface area contributed by atoms with Crippen LogP contribution in [-0.4, -0.2) is 0 Å². The standard InChI is InChI=1S/C48H29NOS/c1-3-9-38-31(7-1)13-14-33-17-22-36(28-44(33)38)49(37-23-26-40-43-25-18-32-8-2-4-10-39(32)48(43)50-45(40)29-37)35-20-15-30(16-21-35)34-19-24-42-41-11-5-6-12-46(41)51-47(42)27-34/h1-29H. The lowest BCUT2D eigenvalue weighted by Gasteiger charge is -2.26. The van der Waals surface area contributed by atoms with Gasteiger partial charge in [0, 0.05) is 59.5 Å². The molecule has 0 N–H and O–H groups in total. The molecule has 0 amide bonds. The molecule has 0 saturated heterocycles. The predicted molar refractivity (Wildman–Crippen MR) is 219 cm³/mol. The van der Waals surface area contributed by atoms with E-state index in [0.717, 1.165) is 44.4 Å². The average molecular weight is 668 g/mol. The fourth-order valence-corrected chi connectivity index (χ4v) is 9.06. The molecule has 238 valence electrons. The summed E-state index contributed by atoms with van der Waals surface area (Å²) in [5.41, 5.74) is 7.46. The molecule has 2 aromatic heterocycles. The number of anilines is 3. The Morgan fingerprint density at radius 2 is 0.922 bits per heavy atom. The Morgan fingerprint density at radius 1 is 0.353 bits per heavy atom. The van der Waals surface area contributed by atoms with E-state index in [1.807, 2.05) is 11.3 Å². The minimum absolute atomic E-state index is 0.878. The summed E-state index contributed by atoms with van der Waals surface area (Å²) < 4.78 is 9.31. The molecule has 3 heteroatoms. The normalized spacial score (nSPS) is 11.9. The Morgan fingerprint density at radius 3 is 1.78 bits per heavy atom. The number of hydrogen-bond acceptors (Lipinski definition) is 3. The summed E-state index contributed by atoms with van der Waals surface area (Å²) in [5.74, 6) is 0. The van der Waals surface area contributed by atoms with E-state index in [9.17, 15) is 0 Å². The highest BCUT2D eigenvalue weighted by Crippen LogP contribution is 2.42. The van der Waals surface area contributed by atoms with E-state index >= 15 is 0 Å². The molecule has 0 unspecified atom stereocenters. The van der Waals surface area contributed by atoms with Crippen LogP contribution in [0.25, 0.3) is 85.6 Å². The number of benzene rings is 9. The maximum absolute atomic E-state index is 6.66. The highest BCUT2D eigenvalue weighted by molar-refractivity contribution is 7.25. The van der Waals surface area contributed by atoms with E-state index in [4.69, 9.17) is 4.42 Å². The quantitative estimate of drug-likeness (QED) is 0.174. The van der Waals surface area contributed by atoms with Crippen molar-refractivity contribution in [3.63, 3.8) is 0 Å². The summed E-state index contributed by atoms with van der Waals surface area (Å²) in [5, 5.41) is 12.2. The maximum atomic E-state index is 6.66. The van der Waals surface area contributed by atoms with Gasteiger partial charge in [0.05, 0.1) is 0 Å². The van der Waals surface area contributed by atoms with E-state index in [1.54, 1.807) is 0 Å². The highest BCUT2D eigenvalue weighted by Gasteiger charge is 2.18. The van der Waals surface area contributed by atoms with Gasteiger partial charge in [-0.05, 0) is 92.7 Å². The first-order chi connectivity index (χ1) is 25.2. The van der Waals surface area contributed by atoms with Gasteiger partial charge in [0.15, 0.2) is 0 Å².